The number of methoxy groups -OCH3 is 2. The standard InChI is InChI=1S/C17H23N5O7S2/c1-16(2,3)14(25)29-8-28-11(23)10-9(7-30-15-18-19-20-21(15)4)31-13-17(26-5,27-6)12(24)22(10)13/h13H,7-8H2,1-6H3/t13-/m1/s1. The molecule has 3 rings (SSSR count). The molecule has 12 nitrogen and oxygen atoms in total. The maximum Gasteiger partial charge on any atom is 0.358 e. The van der Waals surface area contributed by atoms with Crippen molar-refractivity contribution >= 4 is 41.4 Å². The number of aromatic nitrogens is 4. The Balaban J connectivity index is 1.77. The first kappa shape index (κ1) is 23.5. The van der Waals surface area contributed by atoms with Crippen LogP contribution in [0.25, 0.3) is 0 Å². The van der Waals surface area contributed by atoms with Crippen LogP contribution in [0.2, 0.25) is 0 Å². The molecule has 0 unspecified atom stereocenters. The van der Waals surface area contributed by atoms with Gasteiger partial charge in [-0.1, -0.05) is 23.5 Å². The molecule has 14 heteroatoms. The van der Waals surface area contributed by atoms with Crippen molar-refractivity contribution in [3.63, 3.8) is 0 Å². The second-order valence-electron chi connectivity index (χ2n) is 7.60. The molecule has 2 aliphatic rings. The Morgan fingerprint density at radius 3 is 2.45 bits per heavy atom. The highest BCUT2D eigenvalue weighted by molar-refractivity contribution is 8.06. The number of carbonyl (C=O) groups excluding carboxylic acids is 3. The van der Waals surface area contributed by atoms with Crippen LogP contribution in [-0.4, -0.2) is 80.9 Å². The third kappa shape index (κ3) is 4.16. The van der Waals surface area contributed by atoms with Gasteiger partial charge in [-0.25, -0.2) is 9.48 Å². The lowest BCUT2D eigenvalue weighted by Gasteiger charge is -2.49. The van der Waals surface area contributed by atoms with E-state index in [0.29, 0.717) is 15.8 Å². The lowest BCUT2D eigenvalue weighted by molar-refractivity contribution is -0.259. The highest BCUT2D eigenvalue weighted by Crippen LogP contribution is 2.53. The molecule has 0 saturated carbocycles. The zero-order valence-electron chi connectivity index (χ0n) is 17.9. The number of hydrogen-bond donors (Lipinski definition) is 0. The number of carbonyl (C=O) groups is 3. The SMILES string of the molecule is COC1(OC)C(=O)N2C(C(=O)OCOC(=O)C(C)(C)C)=C(CSc3nnnn3C)S[C@@H]21. The summed E-state index contributed by atoms with van der Waals surface area (Å²) in [7, 11) is 4.41. The van der Waals surface area contributed by atoms with Gasteiger partial charge in [0.2, 0.25) is 11.9 Å². The van der Waals surface area contributed by atoms with Crippen LogP contribution < -0.4 is 0 Å². The van der Waals surface area contributed by atoms with Gasteiger partial charge in [0.25, 0.3) is 11.7 Å². The van der Waals surface area contributed by atoms with Gasteiger partial charge in [0.15, 0.2) is 5.37 Å². The number of β-lactam (4-membered cyclic amide) rings is 1. The summed E-state index contributed by atoms with van der Waals surface area (Å²) in [6.07, 6.45) is 0. The van der Waals surface area contributed by atoms with Gasteiger partial charge in [-0.15, -0.1) is 5.10 Å². The van der Waals surface area contributed by atoms with Crippen LogP contribution in [0, 0.1) is 5.41 Å². The topological polar surface area (TPSA) is 135 Å². The molecule has 0 N–H and O–H groups in total. The Bertz CT molecular complexity index is 922. The average Bonchev–Trinajstić information content (AvgIpc) is 3.28. The summed E-state index contributed by atoms with van der Waals surface area (Å²) in [5.41, 5.74) is -0.685. The van der Waals surface area contributed by atoms with E-state index in [0.717, 1.165) is 0 Å². The maximum absolute atomic E-state index is 12.8. The quantitative estimate of drug-likeness (QED) is 0.225. The van der Waals surface area contributed by atoms with E-state index in [1.165, 1.54) is 47.3 Å². The summed E-state index contributed by atoms with van der Waals surface area (Å²) in [6.45, 7) is 4.48. The number of aryl methyl sites for hydroxylation is 1. The zero-order valence-corrected chi connectivity index (χ0v) is 19.5. The van der Waals surface area contributed by atoms with Gasteiger partial charge in [-0.2, -0.15) is 0 Å². The van der Waals surface area contributed by atoms with E-state index in [2.05, 4.69) is 15.5 Å². The van der Waals surface area contributed by atoms with Gasteiger partial charge >= 0.3 is 11.9 Å². The third-order valence-corrected chi connectivity index (χ3v) is 7.13. The van der Waals surface area contributed by atoms with Crippen LogP contribution in [0.1, 0.15) is 20.8 Å². The molecule has 1 fully saturated rings. The lowest BCUT2D eigenvalue weighted by atomic mass is 9.98. The van der Waals surface area contributed by atoms with Crippen molar-refractivity contribution in [1.82, 2.24) is 25.1 Å². The highest BCUT2D eigenvalue weighted by Gasteiger charge is 2.68. The van der Waals surface area contributed by atoms with Crippen LogP contribution in [0.4, 0.5) is 0 Å². The molecule has 1 aromatic heterocycles. The Hall–Kier alpha value is -2.16. The predicted molar refractivity (Wildman–Crippen MR) is 108 cm³/mol. The van der Waals surface area contributed by atoms with Gasteiger partial charge in [-0.3, -0.25) is 14.5 Å². The monoisotopic (exact) mass is 473 g/mol. The van der Waals surface area contributed by atoms with E-state index in [1.807, 2.05) is 0 Å². The molecule has 1 amide bonds. The Morgan fingerprint density at radius 1 is 1.23 bits per heavy atom. The number of ether oxygens (including phenoxy) is 4. The summed E-state index contributed by atoms with van der Waals surface area (Å²) in [5, 5.41) is 11.2. The average molecular weight is 474 g/mol. The minimum absolute atomic E-state index is 0.0548. The molecule has 1 saturated heterocycles. The molecular weight excluding hydrogens is 450 g/mol. The van der Waals surface area contributed by atoms with Crippen molar-refractivity contribution in [2.24, 2.45) is 12.5 Å². The summed E-state index contributed by atoms with van der Waals surface area (Å²) in [4.78, 5) is 39.3. The molecule has 0 bridgehead atoms. The van der Waals surface area contributed by atoms with Crippen LogP contribution in [0.3, 0.4) is 0 Å². The molecule has 0 radical (unpaired) electrons. The largest absolute Gasteiger partial charge is 0.427 e. The fraction of sp³-hybridized carbons (Fsp3) is 0.647. The Morgan fingerprint density at radius 2 is 1.90 bits per heavy atom. The van der Waals surface area contributed by atoms with E-state index in [1.54, 1.807) is 27.8 Å². The first-order valence-electron chi connectivity index (χ1n) is 9.10. The number of thioether (sulfide) groups is 2. The van der Waals surface area contributed by atoms with Gasteiger partial charge in [-0.05, 0) is 31.2 Å². The highest BCUT2D eigenvalue weighted by atomic mass is 32.2. The molecule has 0 spiro atoms. The normalized spacial score (nSPS) is 19.9. The molecule has 1 atom stereocenters. The van der Waals surface area contributed by atoms with Crippen molar-refractivity contribution < 1.29 is 33.3 Å². The van der Waals surface area contributed by atoms with E-state index >= 15 is 0 Å². The van der Waals surface area contributed by atoms with Gasteiger partial charge < -0.3 is 18.9 Å². The summed E-state index contributed by atoms with van der Waals surface area (Å²) in [6, 6.07) is 0. The zero-order chi connectivity index (χ0) is 23.0. The first-order valence-corrected chi connectivity index (χ1v) is 11.0. The van der Waals surface area contributed by atoms with Crippen molar-refractivity contribution in [3.8, 4) is 0 Å². The van der Waals surface area contributed by atoms with Crippen LogP contribution in [0.15, 0.2) is 15.8 Å². The molecule has 31 heavy (non-hydrogen) atoms. The van der Waals surface area contributed by atoms with E-state index in [4.69, 9.17) is 18.9 Å². The number of nitrogens with zero attached hydrogens (tertiary/aromatic N) is 5. The molecule has 1 aromatic rings. The molecule has 3 heterocycles. The van der Waals surface area contributed by atoms with Crippen LogP contribution in [-0.2, 0) is 40.4 Å². The number of hydrogen-bond acceptors (Lipinski definition) is 12. The molecule has 170 valence electrons. The van der Waals surface area contributed by atoms with Gasteiger partial charge in [0.1, 0.15) is 5.70 Å². The van der Waals surface area contributed by atoms with Crippen molar-refractivity contribution in [2.75, 3.05) is 26.8 Å². The minimum atomic E-state index is -1.49. The summed E-state index contributed by atoms with van der Waals surface area (Å²) in [5.74, 6) is -3.02. The van der Waals surface area contributed by atoms with Gasteiger partial charge in [0, 0.05) is 31.9 Å². The second-order valence-corrected chi connectivity index (χ2v) is 9.72. The number of fused-ring (bicyclic) bond motifs is 1. The van der Waals surface area contributed by atoms with Crippen LogP contribution >= 0.6 is 23.5 Å². The third-order valence-electron chi connectivity index (χ3n) is 4.54. The fourth-order valence-corrected chi connectivity index (χ4v) is 5.31. The van der Waals surface area contributed by atoms with E-state index in [-0.39, 0.29) is 5.70 Å². The van der Waals surface area contributed by atoms with Crippen molar-refractivity contribution in [3.05, 3.63) is 10.6 Å². The number of esters is 2. The van der Waals surface area contributed by atoms with E-state index in [9.17, 15) is 14.4 Å². The lowest BCUT2D eigenvalue weighted by Crippen LogP contribution is -2.72. The molecular formula is C17H23N5O7S2. The predicted octanol–water partition coefficient (Wildman–Crippen LogP) is 0.508. The van der Waals surface area contributed by atoms with Crippen molar-refractivity contribution in [2.45, 2.75) is 37.1 Å². The van der Waals surface area contributed by atoms with Crippen LogP contribution in [0.5, 0.6) is 0 Å². The molecule has 0 aromatic carbocycles. The minimum Gasteiger partial charge on any atom is -0.427 e. The van der Waals surface area contributed by atoms with Gasteiger partial charge in [0.05, 0.1) is 5.41 Å². The number of tetrazole rings is 1. The smallest absolute Gasteiger partial charge is 0.358 e. The fourth-order valence-electron chi connectivity index (χ4n) is 2.83. The second kappa shape index (κ2) is 8.76. The number of rotatable bonds is 8. The summed E-state index contributed by atoms with van der Waals surface area (Å²) >= 11 is 2.54. The molecule has 2 aliphatic heterocycles. The molecule has 0 aliphatic carbocycles. The van der Waals surface area contributed by atoms with E-state index < -0.39 is 41.2 Å². The maximum atomic E-state index is 12.8. The first-order chi connectivity index (χ1) is 14.6. The Kier molecular flexibility index (Phi) is 6.64. The summed E-state index contributed by atoms with van der Waals surface area (Å²) < 4.78 is 22.3. The Labute approximate surface area is 186 Å². The number of amides is 1. The van der Waals surface area contributed by atoms with Crippen molar-refractivity contribution in [1.29, 1.82) is 0 Å².